The topological polar surface area (TPSA) is 91.2 Å². The van der Waals surface area contributed by atoms with Gasteiger partial charge in [-0.2, -0.15) is 5.10 Å². The number of carbonyl (C=O) groups is 1. The summed E-state index contributed by atoms with van der Waals surface area (Å²) >= 11 is 0. The van der Waals surface area contributed by atoms with E-state index in [9.17, 15) is 4.79 Å². The number of hydrogen-bond acceptors (Lipinski definition) is 6. The van der Waals surface area contributed by atoms with Gasteiger partial charge in [0.2, 0.25) is 12.7 Å². The van der Waals surface area contributed by atoms with E-state index in [0.29, 0.717) is 23.9 Å². The predicted molar refractivity (Wildman–Crippen MR) is 92.6 cm³/mol. The van der Waals surface area contributed by atoms with Gasteiger partial charge in [-0.1, -0.05) is 12.1 Å². The summed E-state index contributed by atoms with van der Waals surface area (Å²) in [6.45, 7) is 0.551. The molecule has 0 unspecified atom stereocenters. The minimum absolute atomic E-state index is 0.212. The molecule has 4 rings (SSSR count). The number of nitrogens with one attached hydrogen (secondary N) is 1. The summed E-state index contributed by atoms with van der Waals surface area (Å²) < 4.78 is 12.1. The van der Waals surface area contributed by atoms with Gasteiger partial charge in [0.1, 0.15) is 12.7 Å². The molecule has 0 atom stereocenters. The van der Waals surface area contributed by atoms with E-state index in [1.807, 2.05) is 30.3 Å². The zero-order valence-corrected chi connectivity index (χ0v) is 13.7. The number of carbonyl (C=O) groups excluding carboxylic acids is 1. The number of pyridine rings is 1. The molecule has 3 heterocycles. The molecule has 130 valence electrons. The Hall–Kier alpha value is -3.68. The molecular weight excluding hydrogens is 334 g/mol. The van der Waals surface area contributed by atoms with Gasteiger partial charge >= 0.3 is 0 Å². The molecule has 0 aliphatic carbocycles. The highest BCUT2D eigenvalue weighted by molar-refractivity contribution is 5.91. The predicted octanol–water partition coefficient (Wildman–Crippen LogP) is 1.72. The fourth-order valence-electron chi connectivity index (χ4n) is 2.52. The van der Waals surface area contributed by atoms with E-state index in [1.54, 1.807) is 23.3 Å². The standard InChI is InChI=1S/C18H15N5O3/c24-17(6-4-13-3-5-15-16(8-13)26-12-25-15)21-9-14-2-1-7-20-18(14)23-11-19-10-22-23/h1-8,10-11H,9,12H2,(H,21,24)/b6-4+. The van der Waals surface area contributed by atoms with Crippen molar-refractivity contribution in [2.75, 3.05) is 6.79 Å². The van der Waals surface area contributed by atoms with Crippen LogP contribution in [0.15, 0.2) is 55.3 Å². The molecule has 0 saturated carbocycles. The van der Waals surface area contributed by atoms with E-state index in [-0.39, 0.29) is 12.7 Å². The summed E-state index contributed by atoms with van der Waals surface area (Å²) in [6, 6.07) is 9.20. The maximum absolute atomic E-state index is 12.1. The van der Waals surface area contributed by atoms with Crippen LogP contribution in [0.4, 0.5) is 0 Å². The largest absolute Gasteiger partial charge is 0.454 e. The van der Waals surface area contributed by atoms with E-state index < -0.39 is 0 Å². The quantitative estimate of drug-likeness (QED) is 0.705. The molecule has 0 saturated heterocycles. The molecule has 1 aliphatic rings. The molecule has 26 heavy (non-hydrogen) atoms. The Labute approximate surface area is 149 Å². The third kappa shape index (κ3) is 3.39. The molecular formula is C18H15N5O3. The van der Waals surface area contributed by atoms with Gasteiger partial charge in [0, 0.05) is 24.4 Å². The van der Waals surface area contributed by atoms with Gasteiger partial charge in [0.15, 0.2) is 17.3 Å². The van der Waals surface area contributed by atoms with Crippen molar-refractivity contribution in [2.24, 2.45) is 0 Å². The third-order valence-electron chi connectivity index (χ3n) is 3.78. The molecule has 0 bridgehead atoms. The minimum Gasteiger partial charge on any atom is -0.454 e. The van der Waals surface area contributed by atoms with Gasteiger partial charge in [-0.05, 0) is 29.8 Å². The van der Waals surface area contributed by atoms with Crippen LogP contribution in [0, 0.1) is 0 Å². The maximum Gasteiger partial charge on any atom is 0.244 e. The summed E-state index contributed by atoms with van der Waals surface area (Å²) in [5, 5.41) is 6.91. The number of amides is 1. The molecule has 0 radical (unpaired) electrons. The molecule has 1 aromatic carbocycles. The molecule has 0 spiro atoms. The van der Waals surface area contributed by atoms with Crippen molar-refractivity contribution in [2.45, 2.75) is 6.54 Å². The van der Waals surface area contributed by atoms with E-state index >= 15 is 0 Å². The van der Waals surface area contributed by atoms with Crippen molar-refractivity contribution < 1.29 is 14.3 Å². The van der Waals surface area contributed by atoms with Crippen molar-refractivity contribution in [1.29, 1.82) is 0 Å². The zero-order valence-electron chi connectivity index (χ0n) is 13.7. The molecule has 8 heteroatoms. The van der Waals surface area contributed by atoms with Crippen molar-refractivity contribution in [3.63, 3.8) is 0 Å². The Kier molecular flexibility index (Phi) is 4.29. The van der Waals surface area contributed by atoms with Gasteiger partial charge < -0.3 is 14.8 Å². The number of benzene rings is 1. The molecule has 1 aliphatic heterocycles. The number of fused-ring (bicyclic) bond motifs is 1. The van der Waals surface area contributed by atoms with Crippen LogP contribution in [-0.4, -0.2) is 32.4 Å². The van der Waals surface area contributed by atoms with E-state index in [2.05, 4.69) is 20.4 Å². The summed E-state index contributed by atoms with van der Waals surface area (Å²) in [5.74, 6) is 1.81. The summed E-state index contributed by atoms with van der Waals surface area (Å²) in [6.07, 6.45) is 7.86. The van der Waals surface area contributed by atoms with Crippen molar-refractivity contribution in [3.8, 4) is 17.3 Å². The average Bonchev–Trinajstić information content (AvgIpc) is 3.36. The second-order valence-electron chi connectivity index (χ2n) is 5.49. The van der Waals surface area contributed by atoms with Gasteiger partial charge in [-0.25, -0.2) is 14.6 Å². The van der Waals surface area contributed by atoms with Crippen LogP contribution in [-0.2, 0) is 11.3 Å². The summed E-state index contributed by atoms with van der Waals surface area (Å²) in [7, 11) is 0. The normalized spacial score (nSPS) is 12.5. The average molecular weight is 349 g/mol. The highest BCUT2D eigenvalue weighted by Crippen LogP contribution is 2.32. The smallest absolute Gasteiger partial charge is 0.244 e. The molecule has 3 aromatic rings. The summed E-state index contributed by atoms with van der Waals surface area (Å²) in [4.78, 5) is 20.3. The van der Waals surface area contributed by atoms with Gasteiger partial charge in [-0.3, -0.25) is 4.79 Å². The fourth-order valence-corrected chi connectivity index (χ4v) is 2.52. The Balaban J connectivity index is 1.40. The van der Waals surface area contributed by atoms with E-state index in [1.165, 1.54) is 12.4 Å². The first-order valence-corrected chi connectivity index (χ1v) is 7.94. The first-order valence-electron chi connectivity index (χ1n) is 7.94. The molecule has 8 nitrogen and oxygen atoms in total. The fraction of sp³-hybridized carbons (Fsp3) is 0.111. The molecule has 2 aromatic heterocycles. The highest BCUT2D eigenvalue weighted by Gasteiger charge is 2.12. The SMILES string of the molecule is O=C(/C=C/c1ccc2c(c1)OCO2)NCc1cccnc1-n1cncn1. The third-order valence-corrected chi connectivity index (χ3v) is 3.78. The van der Waals surface area contributed by atoms with Gasteiger partial charge in [0.25, 0.3) is 0 Å². The lowest BCUT2D eigenvalue weighted by molar-refractivity contribution is -0.116. The van der Waals surface area contributed by atoms with Crippen molar-refractivity contribution >= 4 is 12.0 Å². The van der Waals surface area contributed by atoms with Crippen molar-refractivity contribution in [3.05, 3.63) is 66.4 Å². The maximum atomic E-state index is 12.1. The molecule has 0 fully saturated rings. The lowest BCUT2D eigenvalue weighted by atomic mass is 10.2. The van der Waals surface area contributed by atoms with Crippen LogP contribution in [0.3, 0.4) is 0 Å². The monoisotopic (exact) mass is 349 g/mol. The van der Waals surface area contributed by atoms with Gasteiger partial charge in [-0.15, -0.1) is 0 Å². The molecule has 1 amide bonds. The second kappa shape index (κ2) is 7.06. The van der Waals surface area contributed by atoms with Crippen LogP contribution >= 0.6 is 0 Å². The molecule has 1 N–H and O–H groups in total. The van der Waals surface area contributed by atoms with Crippen LogP contribution in [0.5, 0.6) is 11.5 Å². The van der Waals surface area contributed by atoms with E-state index in [0.717, 1.165) is 11.1 Å². The van der Waals surface area contributed by atoms with Crippen LogP contribution in [0.2, 0.25) is 0 Å². The Morgan fingerprint density at radius 2 is 2.19 bits per heavy atom. The minimum atomic E-state index is -0.212. The summed E-state index contributed by atoms with van der Waals surface area (Å²) in [5.41, 5.74) is 1.69. The number of aromatic nitrogens is 4. The lowest BCUT2D eigenvalue weighted by Gasteiger charge is -2.08. The lowest BCUT2D eigenvalue weighted by Crippen LogP contribution is -2.21. The van der Waals surface area contributed by atoms with Crippen molar-refractivity contribution in [1.82, 2.24) is 25.1 Å². The number of ether oxygens (including phenoxy) is 2. The van der Waals surface area contributed by atoms with Crippen LogP contribution in [0.1, 0.15) is 11.1 Å². The second-order valence-corrected chi connectivity index (χ2v) is 5.49. The van der Waals surface area contributed by atoms with Crippen LogP contribution < -0.4 is 14.8 Å². The Morgan fingerprint density at radius 1 is 1.27 bits per heavy atom. The Morgan fingerprint density at radius 3 is 3.08 bits per heavy atom. The van der Waals surface area contributed by atoms with Crippen LogP contribution in [0.25, 0.3) is 11.9 Å². The van der Waals surface area contributed by atoms with E-state index in [4.69, 9.17) is 9.47 Å². The Bertz CT molecular complexity index is 953. The zero-order chi connectivity index (χ0) is 17.8. The first kappa shape index (κ1) is 15.8. The number of hydrogen-bond donors (Lipinski definition) is 1. The number of rotatable bonds is 5. The first-order chi connectivity index (χ1) is 12.8. The highest BCUT2D eigenvalue weighted by atomic mass is 16.7. The number of nitrogens with zero attached hydrogens (tertiary/aromatic N) is 4. The van der Waals surface area contributed by atoms with Gasteiger partial charge in [0.05, 0.1) is 0 Å².